The van der Waals surface area contributed by atoms with Crippen LogP contribution in [0.1, 0.15) is 42.5 Å². The smallest absolute Gasteiger partial charge is 0.229 e. The van der Waals surface area contributed by atoms with Gasteiger partial charge in [0.25, 0.3) is 0 Å². The van der Waals surface area contributed by atoms with E-state index in [0.717, 1.165) is 62.3 Å². The zero-order valence-electron chi connectivity index (χ0n) is 17.9. The molecule has 2 fully saturated rings. The number of likely N-dealkylation sites (tertiary alicyclic amines) is 1. The highest BCUT2D eigenvalue weighted by Gasteiger charge is 2.45. The van der Waals surface area contributed by atoms with Crippen LogP contribution in [0.15, 0.2) is 42.6 Å². The topological polar surface area (TPSA) is 76.0 Å². The second-order valence-electron chi connectivity index (χ2n) is 8.92. The number of para-hydroxylation sites is 1. The summed E-state index contributed by atoms with van der Waals surface area (Å²) < 4.78 is 0. The summed E-state index contributed by atoms with van der Waals surface area (Å²) in [5.41, 5.74) is 3.54. The molecule has 1 amide bonds. The van der Waals surface area contributed by atoms with Crippen molar-refractivity contribution in [3.05, 3.63) is 59.4 Å². The Hall–Kier alpha value is -3.33. The number of benzene rings is 1. The van der Waals surface area contributed by atoms with Crippen LogP contribution in [0.25, 0.3) is 10.9 Å². The molecule has 6 heteroatoms. The van der Waals surface area contributed by atoms with Gasteiger partial charge in [-0.2, -0.15) is 5.26 Å². The van der Waals surface area contributed by atoms with Gasteiger partial charge in [0.2, 0.25) is 5.91 Å². The van der Waals surface area contributed by atoms with Crippen molar-refractivity contribution in [3.63, 3.8) is 0 Å². The van der Waals surface area contributed by atoms with Crippen LogP contribution in [0.4, 0.5) is 5.82 Å². The van der Waals surface area contributed by atoms with Crippen molar-refractivity contribution < 1.29 is 4.79 Å². The van der Waals surface area contributed by atoms with E-state index in [4.69, 9.17) is 0 Å². The number of rotatable bonds is 3. The molecule has 1 N–H and O–H groups in total. The summed E-state index contributed by atoms with van der Waals surface area (Å²) >= 11 is 0. The summed E-state index contributed by atoms with van der Waals surface area (Å²) in [7, 11) is 0. The minimum Gasteiger partial charge on any atom is -0.361 e. The molecule has 2 aromatic heterocycles. The predicted molar refractivity (Wildman–Crippen MR) is 121 cm³/mol. The Morgan fingerprint density at radius 1 is 1.16 bits per heavy atom. The number of pyridine rings is 1. The Balaban J connectivity index is 1.31. The monoisotopic (exact) mass is 413 g/mol. The molecule has 0 saturated carbocycles. The molecule has 5 rings (SSSR count). The highest BCUT2D eigenvalue weighted by Crippen LogP contribution is 2.42. The van der Waals surface area contributed by atoms with E-state index in [1.807, 2.05) is 37.4 Å². The summed E-state index contributed by atoms with van der Waals surface area (Å²) in [6.07, 6.45) is 5.74. The van der Waals surface area contributed by atoms with E-state index in [-0.39, 0.29) is 5.41 Å². The molecule has 31 heavy (non-hydrogen) atoms. The Kier molecular flexibility index (Phi) is 4.90. The first-order valence-corrected chi connectivity index (χ1v) is 11.1. The number of hydrogen-bond donors (Lipinski definition) is 1. The fourth-order valence-corrected chi connectivity index (χ4v) is 5.28. The first-order valence-electron chi connectivity index (χ1n) is 11.1. The van der Waals surface area contributed by atoms with Gasteiger partial charge in [-0.3, -0.25) is 4.79 Å². The lowest BCUT2D eigenvalue weighted by atomic mass is 9.71. The molecular formula is C25H27N5O. The van der Waals surface area contributed by atoms with Crippen LogP contribution in [0.5, 0.6) is 0 Å². The lowest BCUT2D eigenvalue weighted by molar-refractivity contribution is -0.148. The molecular weight excluding hydrogens is 386 g/mol. The van der Waals surface area contributed by atoms with Crippen molar-refractivity contribution in [2.45, 2.75) is 39.2 Å². The van der Waals surface area contributed by atoms with Crippen LogP contribution in [0.2, 0.25) is 0 Å². The number of aromatic nitrogens is 2. The van der Waals surface area contributed by atoms with E-state index in [2.05, 4.69) is 38.0 Å². The summed E-state index contributed by atoms with van der Waals surface area (Å²) in [6, 6.07) is 14.2. The van der Waals surface area contributed by atoms with Crippen LogP contribution >= 0.6 is 0 Å². The summed E-state index contributed by atoms with van der Waals surface area (Å²) in [6.45, 7) is 5.01. The lowest BCUT2D eigenvalue weighted by Crippen LogP contribution is -2.53. The molecule has 2 saturated heterocycles. The molecule has 2 aliphatic heterocycles. The second kappa shape index (κ2) is 7.73. The Morgan fingerprint density at radius 2 is 1.97 bits per heavy atom. The number of nitrogens with one attached hydrogen (secondary N) is 1. The van der Waals surface area contributed by atoms with Crippen molar-refractivity contribution in [2.24, 2.45) is 5.41 Å². The van der Waals surface area contributed by atoms with Crippen molar-refractivity contribution in [2.75, 3.05) is 24.5 Å². The number of hydrogen-bond acceptors (Lipinski definition) is 4. The number of fused-ring (bicyclic) bond motifs is 1. The summed E-state index contributed by atoms with van der Waals surface area (Å²) in [5, 5.41) is 10.5. The first kappa shape index (κ1) is 19.6. The minimum absolute atomic E-state index is 0.261. The number of H-pyrrole nitrogens is 1. The van der Waals surface area contributed by atoms with Crippen molar-refractivity contribution in [3.8, 4) is 6.07 Å². The number of piperidine rings is 2. The molecule has 0 unspecified atom stereocenters. The Morgan fingerprint density at radius 3 is 2.77 bits per heavy atom. The van der Waals surface area contributed by atoms with Gasteiger partial charge < -0.3 is 14.8 Å². The van der Waals surface area contributed by atoms with Crippen molar-refractivity contribution in [1.29, 1.82) is 5.26 Å². The third-order valence-electron chi connectivity index (χ3n) is 6.97. The van der Waals surface area contributed by atoms with Crippen molar-refractivity contribution >= 4 is 22.6 Å². The van der Waals surface area contributed by atoms with Crippen LogP contribution in [-0.2, 0) is 11.3 Å². The molecule has 0 bridgehead atoms. The van der Waals surface area contributed by atoms with E-state index >= 15 is 0 Å². The van der Waals surface area contributed by atoms with E-state index in [9.17, 15) is 10.1 Å². The number of aryl methyl sites for hydroxylation is 1. The zero-order chi connectivity index (χ0) is 21.4. The molecule has 0 aliphatic carbocycles. The van der Waals surface area contributed by atoms with E-state index in [1.54, 1.807) is 0 Å². The van der Waals surface area contributed by atoms with Crippen LogP contribution < -0.4 is 4.90 Å². The van der Waals surface area contributed by atoms with E-state index in [1.165, 1.54) is 10.9 Å². The highest BCUT2D eigenvalue weighted by molar-refractivity contribution is 5.86. The number of amides is 1. The summed E-state index contributed by atoms with van der Waals surface area (Å²) in [5.74, 6) is 1.16. The summed E-state index contributed by atoms with van der Waals surface area (Å²) in [4.78, 5) is 25.8. The maximum atomic E-state index is 13.6. The lowest BCUT2D eigenvalue weighted by Gasteiger charge is -2.46. The van der Waals surface area contributed by atoms with Gasteiger partial charge in [0.05, 0.1) is 17.0 Å². The van der Waals surface area contributed by atoms with Gasteiger partial charge in [0, 0.05) is 49.0 Å². The fourth-order valence-electron chi connectivity index (χ4n) is 5.28. The standard InChI is InChI=1S/C25H27N5O/c1-18-13-19(15-26)14-23(28-18)29-11-8-25(9-12-29)7-4-10-30(24(25)31)17-20-16-27-22-6-3-2-5-21(20)22/h2-3,5-6,13-14,16,27H,4,7-12,17H2,1H3. The van der Waals surface area contributed by atoms with Crippen LogP contribution in [0.3, 0.4) is 0 Å². The Bertz CT molecular complexity index is 1170. The average molecular weight is 414 g/mol. The van der Waals surface area contributed by atoms with Gasteiger partial charge in [-0.15, -0.1) is 0 Å². The van der Waals surface area contributed by atoms with Crippen LogP contribution in [-0.4, -0.2) is 40.4 Å². The number of nitrogens with zero attached hydrogens (tertiary/aromatic N) is 4. The van der Waals surface area contributed by atoms with Gasteiger partial charge in [0.1, 0.15) is 5.82 Å². The van der Waals surface area contributed by atoms with Gasteiger partial charge >= 0.3 is 0 Å². The van der Waals surface area contributed by atoms with Gasteiger partial charge in [-0.25, -0.2) is 4.98 Å². The number of carbonyl (C=O) groups excluding carboxylic acids is 1. The number of carbonyl (C=O) groups is 1. The molecule has 3 aromatic rings. The highest BCUT2D eigenvalue weighted by atomic mass is 16.2. The fraction of sp³-hybridized carbons (Fsp3) is 0.400. The maximum Gasteiger partial charge on any atom is 0.229 e. The minimum atomic E-state index is -0.261. The molecule has 0 atom stereocenters. The van der Waals surface area contributed by atoms with Crippen molar-refractivity contribution in [1.82, 2.24) is 14.9 Å². The Labute approximate surface area is 182 Å². The van der Waals surface area contributed by atoms with Gasteiger partial charge in [-0.1, -0.05) is 18.2 Å². The average Bonchev–Trinajstić information content (AvgIpc) is 3.20. The third kappa shape index (κ3) is 3.54. The van der Waals surface area contributed by atoms with Crippen LogP contribution in [0, 0.1) is 23.7 Å². The quantitative estimate of drug-likeness (QED) is 0.700. The largest absolute Gasteiger partial charge is 0.361 e. The second-order valence-corrected chi connectivity index (χ2v) is 8.92. The molecule has 6 nitrogen and oxygen atoms in total. The van der Waals surface area contributed by atoms with Gasteiger partial charge in [-0.05, 0) is 56.4 Å². The predicted octanol–water partition coefficient (Wildman–Crippen LogP) is 4.15. The normalized spacial score (nSPS) is 18.5. The van der Waals surface area contributed by atoms with Gasteiger partial charge in [0.15, 0.2) is 0 Å². The van der Waals surface area contributed by atoms with E-state index < -0.39 is 0 Å². The molecule has 1 aromatic carbocycles. The molecule has 1 spiro atoms. The SMILES string of the molecule is Cc1cc(C#N)cc(N2CCC3(CCCN(Cc4c[nH]c5ccccc45)C3=O)CC2)n1. The third-order valence-corrected chi connectivity index (χ3v) is 6.97. The first-order chi connectivity index (χ1) is 15.1. The molecule has 158 valence electrons. The number of aromatic amines is 1. The maximum absolute atomic E-state index is 13.6. The number of nitriles is 1. The number of anilines is 1. The zero-order valence-corrected chi connectivity index (χ0v) is 17.9. The molecule has 2 aliphatic rings. The molecule has 0 radical (unpaired) electrons. The molecule has 4 heterocycles. The van der Waals surface area contributed by atoms with E-state index in [0.29, 0.717) is 18.0 Å².